The minimum atomic E-state index is -4.50. The Balaban J connectivity index is 1.66. The summed E-state index contributed by atoms with van der Waals surface area (Å²) in [7, 11) is 0. The first-order valence-corrected chi connectivity index (χ1v) is 8.68. The van der Waals surface area contributed by atoms with Crippen LogP contribution in [-0.2, 0) is 26.9 Å². The van der Waals surface area contributed by atoms with Crippen molar-refractivity contribution in [2.24, 2.45) is 0 Å². The van der Waals surface area contributed by atoms with Crippen LogP contribution in [0.1, 0.15) is 11.1 Å². The maximum absolute atomic E-state index is 12.6. The quantitative estimate of drug-likeness (QED) is 0.692. The van der Waals surface area contributed by atoms with Gasteiger partial charge >= 0.3 is 6.18 Å². The van der Waals surface area contributed by atoms with Gasteiger partial charge < -0.3 is 15.4 Å². The number of nitrogens with one attached hydrogen (secondary N) is 2. The van der Waals surface area contributed by atoms with Gasteiger partial charge in [-0.25, -0.2) is 0 Å². The highest BCUT2D eigenvalue weighted by Gasteiger charge is 2.30. The van der Waals surface area contributed by atoms with Gasteiger partial charge in [0.05, 0.1) is 5.56 Å². The zero-order valence-electron chi connectivity index (χ0n) is 14.7. The average molecular weight is 415 g/mol. The zero-order valence-corrected chi connectivity index (χ0v) is 15.4. The van der Waals surface area contributed by atoms with E-state index in [1.54, 1.807) is 12.1 Å². The molecule has 0 aliphatic rings. The number of alkyl halides is 3. The molecule has 5 nitrogen and oxygen atoms in total. The Hall–Kier alpha value is -2.58. The minimum absolute atomic E-state index is 0.00385. The summed E-state index contributed by atoms with van der Waals surface area (Å²) < 4.78 is 42.9. The maximum Gasteiger partial charge on any atom is 0.416 e. The largest absolute Gasteiger partial charge is 0.416 e. The number of carbonyl (C=O) groups excluding carboxylic acids is 2. The number of hydrogen-bond acceptors (Lipinski definition) is 3. The number of benzene rings is 2. The summed E-state index contributed by atoms with van der Waals surface area (Å²) in [6.45, 7) is -0.405. The fourth-order valence-electron chi connectivity index (χ4n) is 2.26. The van der Waals surface area contributed by atoms with Gasteiger partial charge in [0.1, 0.15) is 13.2 Å². The van der Waals surface area contributed by atoms with E-state index in [0.29, 0.717) is 18.0 Å². The number of ether oxygens (including phenoxy) is 1. The van der Waals surface area contributed by atoms with Crippen molar-refractivity contribution in [2.75, 3.05) is 25.1 Å². The van der Waals surface area contributed by atoms with Crippen LogP contribution in [0.25, 0.3) is 0 Å². The molecule has 0 heterocycles. The molecule has 0 aliphatic carbocycles. The molecule has 0 unspecified atom stereocenters. The van der Waals surface area contributed by atoms with Crippen molar-refractivity contribution in [2.45, 2.75) is 12.6 Å². The third-order valence-electron chi connectivity index (χ3n) is 3.59. The summed E-state index contributed by atoms with van der Waals surface area (Å²) in [6.07, 6.45) is -3.89. The van der Waals surface area contributed by atoms with Gasteiger partial charge in [-0.15, -0.1) is 0 Å². The summed E-state index contributed by atoms with van der Waals surface area (Å²) >= 11 is 5.79. The molecule has 0 aliphatic heterocycles. The van der Waals surface area contributed by atoms with E-state index in [1.165, 1.54) is 12.1 Å². The van der Waals surface area contributed by atoms with E-state index in [2.05, 4.69) is 10.6 Å². The van der Waals surface area contributed by atoms with Crippen molar-refractivity contribution in [1.82, 2.24) is 5.32 Å². The van der Waals surface area contributed by atoms with Crippen LogP contribution in [0.5, 0.6) is 0 Å². The van der Waals surface area contributed by atoms with Crippen molar-refractivity contribution in [1.29, 1.82) is 0 Å². The standard InChI is InChI=1S/C19H18ClF3N2O3/c20-15-6-4-13(5-7-15)8-9-24-17(26)11-28-12-18(27)25-16-3-1-2-14(10-16)19(21,22)23/h1-7,10H,8-9,11-12H2,(H,24,26)(H,25,27). The Morgan fingerprint density at radius 3 is 2.36 bits per heavy atom. The van der Waals surface area contributed by atoms with Crippen molar-refractivity contribution < 1.29 is 27.5 Å². The molecule has 0 aromatic heterocycles. The molecule has 0 fully saturated rings. The van der Waals surface area contributed by atoms with E-state index in [0.717, 1.165) is 17.7 Å². The van der Waals surface area contributed by atoms with E-state index in [-0.39, 0.29) is 12.3 Å². The highest BCUT2D eigenvalue weighted by Crippen LogP contribution is 2.30. The Bertz CT molecular complexity index is 811. The number of halogens is 4. The van der Waals surface area contributed by atoms with Crippen LogP contribution in [0.2, 0.25) is 5.02 Å². The normalized spacial score (nSPS) is 11.1. The molecule has 0 spiro atoms. The lowest BCUT2D eigenvalue weighted by atomic mass is 10.1. The monoisotopic (exact) mass is 414 g/mol. The molecular formula is C19H18ClF3N2O3. The second-order valence-electron chi connectivity index (χ2n) is 5.85. The Labute approximate surface area is 164 Å². The van der Waals surface area contributed by atoms with E-state index in [1.807, 2.05) is 12.1 Å². The lowest BCUT2D eigenvalue weighted by molar-refractivity contribution is -0.137. The molecule has 0 radical (unpaired) electrons. The first-order valence-electron chi connectivity index (χ1n) is 8.30. The van der Waals surface area contributed by atoms with Crippen LogP contribution in [0.4, 0.5) is 18.9 Å². The Morgan fingerprint density at radius 2 is 1.68 bits per heavy atom. The van der Waals surface area contributed by atoms with Gasteiger partial charge in [-0.3, -0.25) is 9.59 Å². The van der Waals surface area contributed by atoms with Crippen LogP contribution in [0, 0.1) is 0 Å². The molecule has 0 atom stereocenters. The molecule has 2 rings (SSSR count). The lowest BCUT2D eigenvalue weighted by Gasteiger charge is -2.10. The summed E-state index contributed by atoms with van der Waals surface area (Å²) in [6, 6.07) is 11.5. The molecule has 9 heteroatoms. The average Bonchev–Trinajstić information content (AvgIpc) is 2.63. The van der Waals surface area contributed by atoms with Crippen molar-refractivity contribution >= 4 is 29.1 Å². The fourth-order valence-corrected chi connectivity index (χ4v) is 2.38. The summed E-state index contributed by atoms with van der Waals surface area (Å²) in [5.74, 6) is -1.06. The first-order chi connectivity index (χ1) is 13.2. The number of anilines is 1. The molecule has 0 saturated heterocycles. The molecule has 2 aromatic carbocycles. The minimum Gasteiger partial charge on any atom is -0.362 e. The van der Waals surface area contributed by atoms with E-state index >= 15 is 0 Å². The van der Waals surface area contributed by atoms with Crippen LogP contribution in [-0.4, -0.2) is 31.6 Å². The van der Waals surface area contributed by atoms with Crippen LogP contribution in [0.15, 0.2) is 48.5 Å². The summed E-state index contributed by atoms with van der Waals surface area (Å²) in [5, 5.41) is 5.56. The predicted molar refractivity (Wildman–Crippen MR) is 99.1 cm³/mol. The van der Waals surface area contributed by atoms with Gasteiger partial charge in [0.25, 0.3) is 0 Å². The topological polar surface area (TPSA) is 67.4 Å². The molecular weight excluding hydrogens is 397 g/mol. The first kappa shape index (κ1) is 21.7. The summed E-state index contributed by atoms with van der Waals surface area (Å²) in [5.41, 5.74) is 0.133. The summed E-state index contributed by atoms with van der Waals surface area (Å²) in [4.78, 5) is 23.4. The van der Waals surface area contributed by atoms with Crippen LogP contribution in [0.3, 0.4) is 0 Å². The lowest BCUT2D eigenvalue weighted by Crippen LogP contribution is -2.31. The molecule has 28 heavy (non-hydrogen) atoms. The highest BCUT2D eigenvalue weighted by molar-refractivity contribution is 6.30. The Morgan fingerprint density at radius 1 is 1.00 bits per heavy atom. The number of hydrogen-bond donors (Lipinski definition) is 2. The molecule has 0 saturated carbocycles. The van der Waals surface area contributed by atoms with Crippen molar-refractivity contribution in [3.05, 3.63) is 64.7 Å². The number of carbonyl (C=O) groups is 2. The smallest absolute Gasteiger partial charge is 0.362 e. The molecule has 2 amide bonds. The third kappa shape index (κ3) is 7.58. The molecule has 2 aromatic rings. The van der Waals surface area contributed by atoms with E-state index in [9.17, 15) is 22.8 Å². The third-order valence-corrected chi connectivity index (χ3v) is 3.84. The van der Waals surface area contributed by atoms with Gasteiger partial charge in [-0.1, -0.05) is 29.8 Å². The Kier molecular flexibility index (Phi) is 7.83. The fraction of sp³-hybridized carbons (Fsp3) is 0.263. The molecule has 0 bridgehead atoms. The second kappa shape index (κ2) is 10.1. The van der Waals surface area contributed by atoms with Gasteiger partial charge in [-0.05, 0) is 42.3 Å². The molecule has 150 valence electrons. The van der Waals surface area contributed by atoms with Crippen molar-refractivity contribution in [3.8, 4) is 0 Å². The van der Waals surface area contributed by atoms with E-state index < -0.39 is 30.2 Å². The van der Waals surface area contributed by atoms with E-state index in [4.69, 9.17) is 16.3 Å². The van der Waals surface area contributed by atoms with Gasteiger partial charge in [0.2, 0.25) is 11.8 Å². The SMILES string of the molecule is O=C(COCC(=O)Nc1cccc(C(F)(F)F)c1)NCCc1ccc(Cl)cc1. The van der Waals surface area contributed by atoms with Gasteiger partial charge in [-0.2, -0.15) is 13.2 Å². The number of rotatable bonds is 8. The molecule has 2 N–H and O–H groups in total. The van der Waals surface area contributed by atoms with Gasteiger partial charge in [0, 0.05) is 17.3 Å². The van der Waals surface area contributed by atoms with Crippen molar-refractivity contribution in [3.63, 3.8) is 0 Å². The predicted octanol–water partition coefficient (Wildman–Crippen LogP) is 3.67. The second-order valence-corrected chi connectivity index (χ2v) is 6.28. The van der Waals surface area contributed by atoms with Gasteiger partial charge in [0.15, 0.2) is 0 Å². The number of amides is 2. The maximum atomic E-state index is 12.6. The van der Waals surface area contributed by atoms with Crippen LogP contribution < -0.4 is 10.6 Å². The zero-order chi connectivity index (χ0) is 20.6. The highest BCUT2D eigenvalue weighted by atomic mass is 35.5. The van der Waals surface area contributed by atoms with Crippen LogP contribution >= 0.6 is 11.6 Å².